The van der Waals surface area contributed by atoms with E-state index in [1.54, 1.807) is 24.3 Å². The molecular weight excluding hydrogens is 312 g/mol. The predicted octanol–water partition coefficient (Wildman–Crippen LogP) is 2.18. The van der Waals surface area contributed by atoms with Gasteiger partial charge in [-0.05, 0) is 30.3 Å². The number of ether oxygens (including phenoxy) is 3. The Morgan fingerprint density at radius 1 is 1.08 bits per heavy atom. The lowest BCUT2D eigenvalue weighted by Crippen LogP contribution is -2.17. The highest BCUT2D eigenvalue weighted by Crippen LogP contribution is 2.37. The van der Waals surface area contributed by atoms with Crippen molar-refractivity contribution >= 4 is 12.1 Å². The second-order valence-electron chi connectivity index (χ2n) is 4.71. The van der Waals surface area contributed by atoms with Crippen molar-refractivity contribution < 1.29 is 24.1 Å². The van der Waals surface area contributed by atoms with Crippen molar-refractivity contribution in [1.82, 2.24) is 5.43 Å². The smallest absolute Gasteiger partial charge is 0.271 e. The van der Waals surface area contributed by atoms with Gasteiger partial charge in [0.25, 0.3) is 5.91 Å². The van der Waals surface area contributed by atoms with E-state index in [1.807, 2.05) is 0 Å². The van der Waals surface area contributed by atoms with Crippen LogP contribution in [0.25, 0.3) is 0 Å². The summed E-state index contributed by atoms with van der Waals surface area (Å²) >= 11 is 0. The fraction of sp³-hybridized carbons (Fsp3) is 0.176. The van der Waals surface area contributed by atoms with Crippen LogP contribution in [0.5, 0.6) is 23.0 Å². The Bertz CT molecular complexity index is 733. The molecule has 2 rings (SSSR count). The zero-order chi connectivity index (χ0) is 17.5. The average molecular weight is 330 g/mol. The van der Waals surface area contributed by atoms with Crippen LogP contribution in [0.4, 0.5) is 0 Å². The number of methoxy groups -OCH3 is 3. The van der Waals surface area contributed by atoms with Gasteiger partial charge in [-0.25, -0.2) is 5.43 Å². The molecule has 2 aromatic carbocycles. The minimum atomic E-state index is -0.436. The normalized spacial score (nSPS) is 10.5. The first kappa shape index (κ1) is 17.1. The molecule has 0 saturated carbocycles. The van der Waals surface area contributed by atoms with Crippen molar-refractivity contribution in [3.63, 3.8) is 0 Å². The summed E-state index contributed by atoms with van der Waals surface area (Å²) in [6.07, 6.45) is 1.45. The summed E-state index contributed by atoms with van der Waals surface area (Å²) in [5, 5.41) is 13.3. The van der Waals surface area contributed by atoms with E-state index in [1.165, 1.54) is 39.7 Å². The van der Waals surface area contributed by atoms with Gasteiger partial charge in [-0.1, -0.05) is 6.07 Å². The number of carbonyl (C=O) groups is 1. The summed E-state index contributed by atoms with van der Waals surface area (Å²) < 4.78 is 15.7. The molecule has 2 N–H and O–H groups in total. The van der Waals surface area contributed by atoms with Gasteiger partial charge >= 0.3 is 0 Å². The summed E-state index contributed by atoms with van der Waals surface area (Å²) in [4.78, 5) is 11.9. The SMILES string of the molecule is COc1cc(C=NNC(=O)c2cccc(O)c2)cc(OC)c1OC. The number of hydrogen-bond acceptors (Lipinski definition) is 6. The molecule has 7 nitrogen and oxygen atoms in total. The topological polar surface area (TPSA) is 89.4 Å². The maximum Gasteiger partial charge on any atom is 0.271 e. The van der Waals surface area contributed by atoms with Crippen molar-refractivity contribution in [1.29, 1.82) is 0 Å². The molecule has 0 aliphatic carbocycles. The first-order chi connectivity index (χ1) is 11.6. The maximum absolute atomic E-state index is 11.9. The summed E-state index contributed by atoms with van der Waals surface area (Å²) in [6, 6.07) is 9.38. The zero-order valence-electron chi connectivity index (χ0n) is 13.6. The predicted molar refractivity (Wildman–Crippen MR) is 89.3 cm³/mol. The minimum Gasteiger partial charge on any atom is -0.508 e. The van der Waals surface area contributed by atoms with E-state index in [2.05, 4.69) is 10.5 Å². The van der Waals surface area contributed by atoms with Gasteiger partial charge in [0.15, 0.2) is 11.5 Å². The Morgan fingerprint density at radius 2 is 1.75 bits per heavy atom. The fourth-order valence-corrected chi connectivity index (χ4v) is 2.05. The summed E-state index contributed by atoms with van der Waals surface area (Å²) in [6.45, 7) is 0. The molecule has 0 bridgehead atoms. The molecule has 0 aliphatic rings. The van der Waals surface area contributed by atoms with Crippen LogP contribution in [0.1, 0.15) is 15.9 Å². The number of hydrazone groups is 1. The second-order valence-corrected chi connectivity index (χ2v) is 4.71. The molecule has 0 heterocycles. The third kappa shape index (κ3) is 3.95. The lowest BCUT2D eigenvalue weighted by atomic mass is 10.2. The standard InChI is InChI=1S/C17H18N2O5/c1-22-14-7-11(8-15(23-2)16(14)24-3)10-18-19-17(21)12-5-4-6-13(20)9-12/h4-10,20H,1-3H3,(H,19,21). The van der Waals surface area contributed by atoms with Gasteiger partial charge < -0.3 is 19.3 Å². The van der Waals surface area contributed by atoms with E-state index in [-0.39, 0.29) is 5.75 Å². The number of phenols is 1. The number of nitrogens with zero attached hydrogens (tertiary/aromatic N) is 1. The van der Waals surface area contributed by atoms with Crippen LogP contribution in [0, 0.1) is 0 Å². The van der Waals surface area contributed by atoms with E-state index in [4.69, 9.17) is 14.2 Å². The second kappa shape index (κ2) is 7.87. The quantitative estimate of drug-likeness (QED) is 0.626. The monoisotopic (exact) mass is 330 g/mol. The lowest BCUT2D eigenvalue weighted by molar-refractivity contribution is 0.0954. The number of aromatic hydroxyl groups is 1. The molecule has 2 aromatic rings. The Labute approximate surface area is 139 Å². The average Bonchev–Trinajstić information content (AvgIpc) is 2.60. The fourth-order valence-electron chi connectivity index (χ4n) is 2.05. The molecule has 0 radical (unpaired) electrons. The third-order valence-electron chi connectivity index (χ3n) is 3.18. The molecule has 1 amide bonds. The lowest BCUT2D eigenvalue weighted by Gasteiger charge is -2.12. The van der Waals surface area contributed by atoms with Crippen LogP contribution in [-0.4, -0.2) is 38.6 Å². The molecule has 0 atom stereocenters. The molecule has 0 unspecified atom stereocenters. The van der Waals surface area contributed by atoms with E-state index >= 15 is 0 Å². The highest BCUT2D eigenvalue weighted by atomic mass is 16.5. The molecule has 0 fully saturated rings. The van der Waals surface area contributed by atoms with E-state index in [9.17, 15) is 9.90 Å². The number of phenolic OH excluding ortho intramolecular Hbond substituents is 1. The molecule has 0 aliphatic heterocycles. The maximum atomic E-state index is 11.9. The van der Waals surface area contributed by atoms with Gasteiger partial charge in [0.2, 0.25) is 5.75 Å². The highest BCUT2D eigenvalue weighted by molar-refractivity contribution is 5.95. The molecule has 7 heteroatoms. The number of benzene rings is 2. The van der Waals surface area contributed by atoms with E-state index < -0.39 is 5.91 Å². The molecule has 126 valence electrons. The summed E-state index contributed by atoms with van der Waals surface area (Å²) in [5.41, 5.74) is 3.34. The van der Waals surface area contributed by atoms with Crippen LogP contribution in [0.3, 0.4) is 0 Å². The van der Waals surface area contributed by atoms with Gasteiger partial charge in [0, 0.05) is 11.1 Å². The molecule has 0 spiro atoms. The van der Waals surface area contributed by atoms with E-state index in [0.717, 1.165) is 0 Å². The number of amides is 1. The first-order valence-corrected chi connectivity index (χ1v) is 7.01. The van der Waals surface area contributed by atoms with Crippen molar-refractivity contribution in [2.45, 2.75) is 0 Å². The largest absolute Gasteiger partial charge is 0.508 e. The van der Waals surface area contributed by atoms with E-state index in [0.29, 0.717) is 28.4 Å². The number of hydrogen-bond donors (Lipinski definition) is 2. The third-order valence-corrected chi connectivity index (χ3v) is 3.18. The van der Waals surface area contributed by atoms with Crippen LogP contribution in [0.15, 0.2) is 41.5 Å². The van der Waals surface area contributed by atoms with Crippen LogP contribution in [-0.2, 0) is 0 Å². The van der Waals surface area contributed by atoms with Gasteiger partial charge in [-0.3, -0.25) is 4.79 Å². The highest BCUT2D eigenvalue weighted by Gasteiger charge is 2.12. The van der Waals surface area contributed by atoms with Crippen LogP contribution >= 0.6 is 0 Å². The first-order valence-electron chi connectivity index (χ1n) is 7.01. The summed E-state index contributed by atoms with van der Waals surface area (Å²) in [5.74, 6) is 1.02. The van der Waals surface area contributed by atoms with Crippen molar-refractivity contribution in [3.8, 4) is 23.0 Å². The molecular formula is C17H18N2O5. The minimum absolute atomic E-state index is 0.0104. The van der Waals surface area contributed by atoms with Crippen LogP contribution in [0.2, 0.25) is 0 Å². The molecule has 24 heavy (non-hydrogen) atoms. The van der Waals surface area contributed by atoms with Crippen molar-refractivity contribution in [2.24, 2.45) is 5.10 Å². The molecule has 0 saturated heterocycles. The Morgan fingerprint density at radius 3 is 2.29 bits per heavy atom. The van der Waals surface area contributed by atoms with Crippen molar-refractivity contribution in [3.05, 3.63) is 47.5 Å². The van der Waals surface area contributed by atoms with Gasteiger partial charge in [0.05, 0.1) is 27.5 Å². The van der Waals surface area contributed by atoms with Gasteiger partial charge in [0.1, 0.15) is 5.75 Å². The van der Waals surface area contributed by atoms with Crippen molar-refractivity contribution in [2.75, 3.05) is 21.3 Å². The Balaban J connectivity index is 2.15. The number of carbonyl (C=O) groups excluding carboxylic acids is 1. The molecule has 0 aromatic heterocycles. The Hall–Kier alpha value is -3.22. The number of nitrogens with one attached hydrogen (secondary N) is 1. The summed E-state index contributed by atoms with van der Waals surface area (Å²) in [7, 11) is 4.55. The Kier molecular flexibility index (Phi) is 5.62. The zero-order valence-corrected chi connectivity index (χ0v) is 13.6. The van der Waals surface area contributed by atoms with Gasteiger partial charge in [-0.15, -0.1) is 0 Å². The van der Waals surface area contributed by atoms with Crippen LogP contribution < -0.4 is 19.6 Å². The van der Waals surface area contributed by atoms with Gasteiger partial charge in [-0.2, -0.15) is 5.10 Å². The number of rotatable bonds is 6.